The van der Waals surface area contributed by atoms with E-state index in [1.54, 1.807) is 10.4 Å². The second-order valence-corrected chi connectivity index (χ2v) is 4.02. The van der Waals surface area contributed by atoms with Gasteiger partial charge in [0.25, 0.3) is 0 Å². The van der Waals surface area contributed by atoms with Gasteiger partial charge in [0.15, 0.2) is 0 Å². The highest BCUT2D eigenvalue weighted by atomic mass is 32.1. The van der Waals surface area contributed by atoms with Crippen molar-refractivity contribution in [2.45, 2.75) is 6.42 Å². The van der Waals surface area contributed by atoms with E-state index in [2.05, 4.69) is 20.2 Å². The molecule has 2 rings (SSSR count). The Kier molecular flexibility index (Phi) is 2.79. The number of aromatic nitrogens is 2. The zero-order valence-electron chi connectivity index (χ0n) is 7.78. The first kappa shape index (κ1) is 9.88. The molecule has 1 amide bonds. The lowest BCUT2D eigenvalue weighted by Crippen LogP contribution is -2.24. The fourth-order valence-electron chi connectivity index (χ4n) is 1.53. The predicted octanol–water partition coefficient (Wildman–Crippen LogP) is 1.20. The third kappa shape index (κ3) is 2.05. The van der Waals surface area contributed by atoms with Gasteiger partial charge in [0, 0.05) is 24.4 Å². The molecule has 0 saturated carbocycles. The fraction of sp³-hybridized carbons (Fsp3) is 0.571. The van der Waals surface area contributed by atoms with Gasteiger partial charge >= 0.3 is 0 Å². The molecule has 1 saturated heterocycles. The number of hydrogen-bond acceptors (Lipinski definition) is 5. The van der Waals surface area contributed by atoms with Crippen LogP contribution in [0, 0.1) is 5.92 Å². The summed E-state index contributed by atoms with van der Waals surface area (Å²) in [5, 5.41) is 11.6. The second kappa shape index (κ2) is 4.24. The molecule has 1 aromatic rings. The van der Waals surface area contributed by atoms with Crippen LogP contribution in [0.5, 0.6) is 0 Å². The third-order valence-electron chi connectivity index (χ3n) is 2.19. The van der Waals surface area contributed by atoms with Crippen molar-refractivity contribution in [2.75, 3.05) is 18.0 Å². The van der Waals surface area contributed by atoms with Gasteiger partial charge in [-0.25, -0.2) is 0 Å². The molecule has 0 aliphatic carbocycles. The molecule has 0 radical (unpaired) electrons. The van der Waals surface area contributed by atoms with E-state index in [9.17, 15) is 4.79 Å². The van der Waals surface area contributed by atoms with E-state index in [1.165, 1.54) is 11.3 Å². The summed E-state index contributed by atoms with van der Waals surface area (Å²) in [5.41, 5.74) is 9.77. The molecule has 7 nitrogen and oxygen atoms in total. The number of azide groups is 1. The minimum absolute atomic E-state index is 0.0184. The Bertz CT molecular complexity index is 398. The van der Waals surface area contributed by atoms with Gasteiger partial charge in [-0.1, -0.05) is 16.5 Å². The third-order valence-corrected chi connectivity index (χ3v) is 2.90. The number of carbonyl (C=O) groups excluding carboxylic acids is 1. The van der Waals surface area contributed by atoms with Gasteiger partial charge in [0.05, 0.1) is 0 Å². The van der Waals surface area contributed by atoms with Crippen LogP contribution >= 0.6 is 11.3 Å². The molecular weight excluding hydrogens is 216 g/mol. The van der Waals surface area contributed by atoms with Crippen LogP contribution in [0.2, 0.25) is 0 Å². The zero-order chi connectivity index (χ0) is 10.7. The van der Waals surface area contributed by atoms with Gasteiger partial charge in [0.2, 0.25) is 11.0 Å². The molecule has 1 aromatic heterocycles. The molecule has 0 aromatic carbocycles. The molecular formula is C7H8N6OS. The maximum absolute atomic E-state index is 11.6. The van der Waals surface area contributed by atoms with Crippen LogP contribution in [0.3, 0.4) is 0 Å². The van der Waals surface area contributed by atoms with Crippen LogP contribution in [-0.4, -0.2) is 29.2 Å². The summed E-state index contributed by atoms with van der Waals surface area (Å²) in [4.78, 5) is 15.9. The lowest BCUT2D eigenvalue weighted by Gasteiger charge is -2.10. The molecule has 1 aliphatic heterocycles. The first-order valence-corrected chi connectivity index (χ1v) is 5.26. The maximum Gasteiger partial charge on any atom is 0.229 e. The number of nitrogens with zero attached hydrogens (tertiary/aromatic N) is 6. The van der Waals surface area contributed by atoms with Crippen molar-refractivity contribution < 1.29 is 4.79 Å². The Morgan fingerprint density at radius 1 is 1.80 bits per heavy atom. The number of rotatable bonds is 3. The topological polar surface area (TPSA) is 94.9 Å². The summed E-state index contributed by atoms with van der Waals surface area (Å²) in [6.07, 6.45) is 0.415. The average molecular weight is 224 g/mol. The van der Waals surface area contributed by atoms with Crippen LogP contribution < -0.4 is 4.90 Å². The largest absolute Gasteiger partial charge is 0.286 e. The lowest BCUT2D eigenvalue weighted by atomic mass is 10.1. The van der Waals surface area contributed by atoms with Crippen LogP contribution in [0.1, 0.15) is 6.42 Å². The molecule has 15 heavy (non-hydrogen) atoms. The maximum atomic E-state index is 11.6. The van der Waals surface area contributed by atoms with Crippen molar-refractivity contribution in [2.24, 2.45) is 11.0 Å². The first-order chi connectivity index (χ1) is 7.31. The number of anilines is 1. The summed E-state index contributed by atoms with van der Waals surface area (Å²) in [5.74, 6) is 0.113. The average Bonchev–Trinajstić information content (AvgIpc) is 2.83. The van der Waals surface area contributed by atoms with E-state index in [1.807, 2.05) is 0 Å². The van der Waals surface area contributed by atoms with Crippen molar-refractivity contribution in [3.05, 3.63) is 16.0 Å². The second-order valence-electron chi connectivity index (χ2n) is 3.21. The molecule has 8 heteroatoms. The molecule has 1 atom stereocenters. The Labute approximate surface area is 89.4 Å². The highest BCUT2D eigenvalue weighted by Gasteiger charge is 2.31. The van der Waals surface area contributed by atoms with Crippen molar-refractivity contribution in [3.8, 4) is 0 Å². The summed E-state index contributed by atoms with van der Waals surface area (Å²) >= 11 is 1.33. The smallest absolute Gasteiger partial charge is 0.229 e. The predicted molar refractivity (Wildman–Crippen MR) is 54.4 cm³/mol. The van der Waals surface area contributed by atoms with E-state index in [-0.39, 0.29) is 11.8 Å². The summed E-state index contributed by atoms with van der Waals surface area (Å²) < 4.78 is 0. The number of carbonyl (C=O) groups is 1. The van der Waals surface area contributed by atoms with Crippen molar-refractivity contribution in [1.82, 2.24) is 10.2 Å². The van der Waals surface area contributed by atoms with Crippen molar-refractivity contribution >= 4 is 22.4 Å². The van der Waals surface area contributed by atoms with Gasteiger partial charge in [-0.05, 0) is 11.4 Å². The van der Waals surface area contributed by atoms with E-state index < -0.39 is 0 Å². The quantitative estimate of drug-likeness (QED) is 0.438. The van der Waals surface area contributed by atoms with Crippen LogP contribution in [-0.2, 0) is 4.79 Å². The Morgan fingerprint density at radius 3 is 3.33 bits per heavy atom. The Morgan fingerprint density at radius 2 is 2.67 bits per heavy atom. The summed E-state index contributed by atoms with van der Waals surface area (Å²) in [6.45, 7) is 0.921. The minimum Gasteiger partial charge on any atom is -0.286 e. The van der Waals surface area contributed by atoms with E-state index in [4.69, 9.17) is 5.53 Å². The highest BCUT2D eigenvalue weighted by Crippen LogP contribution is 2.25. The zero-order valence-corrected chi connectivity index (χ0v) is 8.59. The lowest BCUT2D eigenvalue weighted by molar-refractivity contribution is -0.117. The van der Waals surface area contributed by atoms with E-state index >= 15 is 0 Å². The Balaban J connectivity index is 2.05. The molecule has 78 valence electrons. The van der Waals surface area contributed by atoms with Crippen molar-refractivity contribution in [1.29, 1.82) is 0 Å². The monoisotopic (exact) mass is 224 g/mol. The number of hydrogen-bond donors (Lipinski definition) is 0. The van der Waals surface area contributed by atoms with Gasteiger partial charge in [-0.3, -0.25) is 9.69 Å². The minimum atomic E-state index is 0.0184. The highest BCUT2D eigenvalue weighted by molar-refractivity contribution is 7.13. The molecule has 0 bridgehead atoms. The van der Waals surface area contributed by atoms with Crippen LogP contribution in [0.25, 0.3) is 10.4 Å². The van der Waals surface area contributed by atoms with Gasteiger partial charge in [-0.2, -0.15) is 0 Å². The van der Waals surface area contributed by atoms with Crippen molar-refractivity contribution in [3.63, 3.8) is 0 Å². The fourth-order valence-corrected chi connectivity index (χ4v) is 2.11. The molecule has 0 N–H and O–H groups in total. The summed E-state index contributed by atoms with van der Waals surface area (Å²) in [7, 11) is 0. The summed E-state index contributed by atoms with van der Waals surface area (Å²) in [6, 6.07) is 0. The number of amides is 1. The normalized spacial score (nSPS) is 20.4. The van der Waals surface area contributed by atoms with Gasteiger partial charge in [-0.15, -0.1) is 10.2 Å². The SMILES string of the molecule is [N-]=[N+]=NCC1CC(=O)N(c2nncs2)C1. The first-order valence-electron chi connectivity index (χ1n) is 4.38. The molecule has 0 spiro atoms. The van der Waals surface area contributed by atoms with Crippen LogP contribution in [0.15, 0.2) is 10.6 Å². The molecule has 1 unspecified atom stereocenters. The standard InChI is InChI=1S/C7H8N6OS/c8-12-9-2-5-1-6(14)13(3-5)7-11-10-4-15-7/h4-5H,1-3H2. The molecule has 1 fully saturated rings. The molecule has 1 aliphatic rings. The Hall–Kier alpha value is -1.66. The van der Waals surface area contributed by atoms with Crippen LogP contribution in [0.4, 0.5) is 5.13 Å². The van der Waals surface area contributed by atoms with E-state index in [0.29, 0.717) is 24.6 Å². The van der Waals surface area contributed by atoms with E-state index in [0.717, 1.165) is 0 Å². The molecule has 2 heterocycles. The van der Waals surface area contributed by atoms with Gasteiger partial charge in [0.1, 0.15) is 5.51 Å². The van der Waals surface area contributed by atoms with Gasteiger partial charge < -0.3 is 0 Å².